The molecule has 0 nitrogen and oxygen atoms in total. The van der Waals surface area contributed by atoms with Crippen LogP contribution in [0.5, 0.6) is 0 Å². The molecule has 0 aliphatic rings. The Morgan fingerprint density at radius 2 is 1.92 bits per heavy atom. The number of alkyl halides is 1. The minimum absolute atomic E-state index is 0.710. The first-order chi connectivity index (χ1) is 5.66. The maximum atomic E-state index is 6.03. The first-order valence-corrected chi connectivity index (χ1v) is 6.02. The number of halogens is 4. The summed E-state index contributed by atoms with van der Waals surface area (Å²) >= 11 is 18.7. The predicted octanol–water partition coefficient (Wildman–Crippen LogP) is 4.69. The van der Waals surface area contributed by atoms with Crippen molar-refractivity contribution < 1.29 is 0 Å². The summed E-state index contributed by atoms with van der Waals surface area (Å²) in [7, 11) is 0. The SMILES string of the molecule is Clc1ccc(Br)c(Cl)c1CCBr. The van der Waals surface area contributed by atoms with Crippen LogP contribution in [0.3, 0.4) is 0 Å². The molecule has 1 aromatic carbocycles. The van der Waals surface area contributed by atoms with Crippen LogP contribution < -0.4 is 0 Å². The molecule has 0 heterocycles. The van der Waals surface area contributed by atoms with Gasteiger partial charge < -0.3 is 0 Å². The van der Waals surface area contributed by atoms with Gasteiger partial charge in [-0.05, 0) is 40.0 Å². The molecule has 0 aromatic heterocycles. The predicted molar refractivity (Wildman–Crippen MR) is 61.7 cm³/mol. The van der Waals surface area contributed by atoms with E-state index in [2.05, 4.69) is 31.9 Å². The number of benzene rings is 1. The van der Waals surface area contributed by atoms with Crippen molar-refractivity contribution in [3.8, 4) is 0 Å². The molecule has 0 unspecified atom stereocenters. The lowest BCUT2D eigenvalue weighted by molar-refractivity contribution is 1.17. The minimum atomic E-state index is 0.710. The molecule has 0 saturated heterocycles. The van der Waals surface area contributed by atoms with Crippen LogP contribution in [-0.2, 0) is 6.42 Å². The molecule has 0 aliphatic carbocycles. The molecular weight excluding hydrogens is 327 g/mol. The van der Waals surface area contributed by atoms with E-state index in [4.69, 9.17) is 23.2 Å². The normalized spacial score (nSPS) is 10.3. The summed E-state index contributed by atoms with van der Waals surface area (Å²) in [6.07, 6.45) is 0.844. The molecule has 0 aliphatic heterocycles. The van der Waals surface area contributed by atoms with Gasteiger partial charge in [0.05, 0.1) is 5.02 Å². The maximum Gasteiger partial charge on any atom is 0.0595 e. The third-order valence-electron chi connectivity index (χ3n) is 1.48. The second-order valence-corrected chi connectivity index (χ2v) is 4.69. The van der Waals surface area contributed by atoms with Crippen LogP contribution in [-0.4, -0.2) is 5.33 Å². The van der Waals surface area contributed by atoms with E-state index in [1.165, 1.54) is 0 Å². The topological polar surface area (TPSA) is 0 Å². The first-order valence-electron chi connectivity index (χ1n) is 3.35. The average molecular weight is 333 g/mol. The molecule has 1 aromatic rings. The van der Waals surface area contributed by atoms with Crippen LogP contribution in [0.1, 0.15) is 5.56 Å². The zero-order valence-corrected chi connectivity index (χ0v) is 10.8. The Hall–Kier alpha value is 0.760. The van der Waals surface area contributed by atoms with E-state index in [1.807, 2.05) is 12.1 Å². The van der Waals surface area contributed by atoms with Gasteiger partial charge in [-0.2, -0.15) is 0 Å². The first kappa shape index (κ1) is 10.8. The number of hydrogen-bond donors (Lipinski definition) is 0. The van der Waals surface area contributed by atoms with Crippen molar-refractivity contribution in [1.82, 2.24) is 0 Å². The molecular formula is C8H6Br2Cl2. The van der Waals surface area contributed by atoms with Gasteiger partial charge in [0.2, 0.25) is 0 Å². The zero-order chi connectivity index (χ0) is 9.14. The number of hydrogen-bond acceptors (Lipinski definition) is 0. The summed E-state index contributed by atoms with van der Waals surface area (Å²) in [5.41, 5.74) is 0.990. The average Bonchev–Trinajstić information content (AvgIpc) is 2.06. The van der Waals surface area contributed by atoms with Gasteiger partial charge in [0.15, 0.2) is 0 Å². The van der Waals surface area contributed by atoms with E-state index < -0.39 is 0 Å². The van der Waals surface area contributed by atoms with E-state index in [0.717, 1.165) is 26.8 Å². The molecule has 0 saturated carbocycles. The van der Waals surface area contributed by atoms with Gasteiger partial charge in [-0.3, -0.25) is 0 Å². The fourth-order valence-electron chi connectivity index (χ4n) is 0.893. The van der Waals surface area contributed by atoms with Crippen LogP contribution >= 0.6 is 55.1 Å². The van der Waals surface area contributed by atoms with Crippen molar-refractivity contribution in [3.05, 3.63) is 32.2 Å². The third kappa shape index (κ3) is 2.38. The summed E-state index contributed by atoms with van der Waals surface area (Å²) in [4.78, 5) is 0. The maximum absolute atomic E-state index is 6.03. The Morgan fingerprint density at radius 1 is 1.25 bits per heavy atom. The Bertz CT molecular complexity index is 287. The van der Waals surface area contributed by atoms with Gasteiger partial charge in [0.25, 0.3) is 0 Å². The summed E-state index contributed by atoms with van der Waals surface area (Å²) in [6, 6.07) is 3.69. The highest BCUT2D eigenvalue weighted by molar-refractivity contribution is 9.10. The van der Waals surface area contributed by atoms with Crippen LogP contribution in [0.4, 0.5) is 0 Å². The van der Waals surface area contributed by atoms with Crippen LogP contribution in [0.15, 0.2) is 16.6 Å². The Labute approximate surface area is 98.5 Å². The molecule has 0 atom stereocenters. The summed E-state index contributed by atoms with van der Waals surface area (Å²) in [6.45, 7) is 0. The van der Waals surface area contributed by atoms with Crippen molar-refractivity contribution in [2.75, 3.05) is 5.33 Å². The number of rotatable bonds is 2. The Morgan fingerprint density at radius 3 is 2.50 bits per heavy atom. The minimum Gasteiger partial charge on any atom is -0.0924 e. The lowest BCUT2D eigenvalue weighted by Crippen LogP contribution is -1.89. The molecule has 0 radical (unpaired) electrons. The van der Waals surface area contributed by atoms with Crippen molar-refractivity contribution in [2.45, 2.75) is 6.42 Å². The third-order valence-corrected chi connectivity index (χ3v) is 3.55. The lowest BCUT2D eigenvalue weighted by Gasteiger charge is -2.05. The highest BCUT2D eigenvalue weighted by Crippen LogP contribution is 2.32. The molecule has 66 valence electrons. The van der Waals surface area contributed by atoms with E-state index in [0.29, 0.717) is 5.02 Å². The molecule has 4 heteroatoms. The lowest BCUT2D eigenvalue weighted by atomic mass is 10.2. The van der Waals surface area contributed by atoms with Crippen molar-refractivity contribution >= 4 is 55.1 Å². The van der Waals surface area contributed by atoms with Crippen LogP contribution in [0.25, 0.3) is 0 Å². The molecule has 0 bridgehead atoms. The van der Waals surface area contributed by atoms with Crippen molar-refractivity contribution in [2.24, 2.45) is 0 Å². The van der Waals surface area contributed by atoms with Crippen molar-refractivity contribution in [1.29, 1.82) is 0 Å². The zero-order valence-electron chi connectivity index (χ0n) is 6.08. The van der Waals surface area contributed by atoms with E-state index >= 15 is 0 Å². The summed E-state index contributed by atoms with van der Waals surface area (Å²) in [5.74, 6) is 0. The second-order valence-electron chi connectivity index (χ2n) is 2.26. The molecule has 0 N–H and O–H groups in total. The van der Waals surface area contributed by atoms with Gasteiger partial charge in [-0.1, -0.05) is 39.1 Å². The Balaban J connectivity index is 3.14. The quantitative estimate of drug-likeness (QED) is 0.544. The van der Waals surface area contributed by atoms with Gasteiger partial charge in [0.1, 0.15) is 0 Å². The molecule has 0 amide bonds. The van der Waals surface area contributed by atoms with Crippen molar-refractivity contribution in [3.63, 3.8) is 0 Å². The monoisotopic (exact) mass is 330 g/mol. The smallest absolute Gasteiger partial charge is 0.0595 e. The fourth-order valence-corrected chi connectivity index (χ4v) is 2.22. The largest absolute Gasteiger partial charge is 0.0924 e. The van der Waals surface area contributed by atoms with E-state index in [1.54, 1.807) is 0 Å². The van der Waals surface area contributed by atoms with Crippen LogP contribution in [0.2, 0.25) is 10.0 Å². The molecule has 0 fully saturated rings. The van der Waals surface area contributed by atoms with Gasteiger partial charge >= 0.3 is 0 Å². The second kappa shape index (κ2) is 4.85. The molecule has 1 rings (SSSR count). The highest BCUT2D eigenvalue weighted by Gasteiger charge is 2.07. The van der Waals surface area contributed by atoms with E-state index in [9.17, 15) is 0 Å². The summed E-state index contributed by atoms with van der Waals surface area (Å²) < 4.78 is 0.893. The molecule has 12 heavy (non-hydrogen) atoms. The molecule has 0 spiro atoms. The van der Waals surface area contributed by atoms with Gasteiger partial charge in [-0.15, -0.1) is 0 Å². The van der Waals surface area contributed by atoms with Gasteiger partial charge in [0, 0.05) is 14.8 Å². The fraction of sp³-hybridized carbons (Fsp3) is 0.250. The van der Waals surface area contributed by atoms with E-state index in [-0.39, 0.29) is 0 Å². The highest BCUT2D eigenvalue weighted by atomic mass is 79.9. The van der Waals surface area contributed by atoms with Crippen LogP contribution in [0, 0.1) is 0 Å². The standard InChI is InChI=1S/C8H6Br2Cl2/c9-4-3-5-7(11)2-1-6(10)8(5)12/h1-2H,3-4H2. The van der Waals surface area contributed by atoms with Gasteiger partial charge in [-0.25, -0.2) is 0 Å². The summed E-state index contributed by atoms with van der Waals surface area (Å²) in [5, 5.41) is 2.30. The Kier molecular flexibility index (Phi) is 4.38.